The van der Waals surface area contributed by atoms with Crippen molar-refractivity contribution in [3.63, 3.8) is 0 Å². The molecule has 5 rings (SSSR count). The van der Waals surface area contributed by atoms with Gasteiger partial charge in [-0.15, -0.1) is 0 Å². The van der Waals surface area contributed by atoms with Crippen LogP contribution in [0.15, 0.2) is 65.7 Å². The normalized spacial score (nSPS) is 18.1. The van der Waals surface area contributed by atoms with Crippen LogP contribution in [0.3, 0.4) is 0 Å². The maximum Gasteiger partial charge on any atom is 0.138 e. The van der Waals surface area contributed by atoms with E-state index in [1.165, 1.54) is 24.3 Å². The minimum Gasteiger partial charge on any atom is -0.353 e. The van der Waals surface area contributed by atoms with Crippen LogP contribution in [-0.4, -0.2) is 48.4 Å². The summed E-state index contributed by atoms with van der Waals surface area (Å²) in [6.07, 6.45) is 1.86. The Bertz CT molecular complexity index is 1190. The van der Waals surface area contributed by atoms with Crippen LogP contribution < -0.4 is 5.32 Å². The van der Waals surface area contributed by atoms with Gasteiger partial charge in [0.05, 0.1) is 11.4 Å². The fourth-order valence-corrected chi connectivity index (χ4v) is 4.65. The molecule has 6 heteroatoms. The lowest BCUT2D eigenvalue weighted by Gasteiger charge is -2.41. The summed E-state index contributed by atoms with van der Waals surface area (Å²) in [5.41, 5.74) is 5.73. The van der Waals surface area contributed by atoms with Crippen LogP contribution in [0.1, 0.15) is 23.1 Å². The SMILES string of the molecule is Cc1ccc2c(c1)C(N1CCN(C)[C@@H](CCc3ccc(F)cc3)C1)=Nc1cc(F)ccc1N2. The minimum absolute atomic E-state index is 0.203. The van der Waals surface area contributed by atoms with E-state index in [9.17, 15) is 8.78 Å². The molecule has 3 aromatic carbocycles. The van der Waals surface area contributed by atoms with Crippen molar-refractivity contribution in [2.45, 2.75) is 25.8 Å². The molecule has 170 valence electrons. The zero-order chi connectivity index (χ0) is 22.9. The van der Waals surface area contributed by atoms with E-state index in [1.54, 1.807) is 6.07 Å². The number of aryl methyl sites for hydroxylation is 2. The standard InChI is InChI=1S/C27H28F2N4/c1-18-3-11-24-23(15-18)27(31-26-16-21(29)9-12-25(26)30-24)33-14-13-32(2)22(17-33)10-6-19-4-7-20(28)8-5-19/h3-5,7-9,11-12,15-16,22,30H,6,10,13-14,17H2,1-2H3/t22-/m0/s1. The molecule has 1 saturated heterocycles. The number of anilines is 2. The van der Waals surface area contributed by atoms with Crippen molar-refractivity contribution in [3.05, 3.63) is 89.0 Å². The molecule has 0 unspecified atom stereocenters. The molecular weight excluding hydrogens is 418 g/mol. The first-order chi connectivity index (χ1) is 16.0. The summed E-state index contributed by atoms with van der Waals surface area (Å²) in [5, 5.41) is 3.45. The second kappa shape index (κ2) is 8.94. The van der Waals surface area contributed by atoms with E-state index in [0.717, 1.165) is 66.4 Å². The van der Waals surface area contributed by atoms with Gasteiger partial charge in [-0.25, -0.2) is 13.8 Å². The number of halogens is 2. The molecule has 0 radical (unpaired) electrons. The highest BCUT2D eigenvalue weighted by molar-refractivity contribution is 6.07. The molecule has 0 aliphatic carbocycles. The van der Waals surface area contributed by atoms with Gasteiger partial charge >= 0.3 is 0 Å². The van der Waals surface area contributed by atoms with E-state index in [4.69, 9.17) is 4.99 Å². The summed E-state index contributed by atoms with van der Waals surface area (Å²) in [6.45, 7) is 4.66. The monoisotopic (exact) mass is 446 g/mol. The van der Waals surface area contributed by atoms with E-state index >= 15 is 0 Å². The van der Waals surface area contributed by atoms with Crippen LogP contribution in [-0.2, 0) is 6.42 Å². The topological polar surface area (TPSA) is 30.9 Å². The Morgan fingerprint density at radius 1 is 0.939 bits per heavy atom. The number of rotatable bonds is 3. The quantitative estimate of drug-likeness (QED) is 0.563. The summed E-state index contributed by atoms with van der Waals surface area (Å²) in [6, 6.07) is 18.1. The van der Waals surface area contributed by atoms with Gasteiger partial charge in [0.1, 0.15) is 17.5 Å². The van der Waals surface area contributed by atoms with Gasteiger partial charge in [0.15, 0.2) is 0 Å². The number of piperazine rings is 1. The van der Waals surface area contributed by atoms with Crippen LogP contribution in [0.4, 0.5) is 25.8 Å². The highest BCUT2D eigenvalue weighted by Crippen LogP contribution is 2.36. The fourth-order valence-electron chi connectivity index (χ4n) is 4.65. The van der Waals surface area contributed by atoms with Crippen LogP contribution in [0.5, 0.6) is 0 Å². The summed E-state index contributed by atoms with van der Waals surface area (Å²) in [5.74, 6) is 0.382. The maximum absolute atomic E-state index is 14.0. The number of benzene rings is 3. The van der Waals surface area contributed by atoms with Crippen molar-refractivity contribution in [2.75, 3.05) is 32.0 Å². The van der Waals surface area contributed by atoms with Gasteiger partial charge in [-0.05, 0) is 68.8 Å². The highest BCUT2D eigenvalue weighted by atomic mass is 19.1. The minimum atomic E-state index is -0.295. The molecule has 2 heterocycles. The lowest BCUT2D eigenvalue weighted by Crippen LogP contribution is -2.53. The number of aliphatic imine (C=N–C) groups is 1. The summed E-state index contributed by atoms with van der Waals surface area (Å²) in [4.78, 5) is 9.69. The largest absolute Gasteiger partial charge is 0.353 e. The number of amidine groups is 1. The molecule has 3 aromatic rings. The van der Waals surface area contributed by atoms with Crippen molar-refractivity contribution in [2.24, 2.45) is 4.99 Å². The molecule has 0 amide bonds. The maximum atomic E-state index is 14.0. The Hall–Kier alpha value is -3.25. The fraction of sp³-hybridized carbons (Fsp3) is 0.296. The molecule has 4 nitrogen and oxygen atoms in total. The van der Waals surface area contributed by atoms with Gasteiger partial charge in [-0.2, -0.15) is 0 Å². The van der Waals surface area contributed by atoms with Crippen molar-refractivity contribution < 1.29 is 8.78 Å². The highest BCUT2D eigenvalue weighted by Gasteiger charge is 2.29. The van der Waals surface area contributed by atoms with Gasteiger partial charge in [0.25, 0.3) is 0 Å². The average Bonchev–Trinajstić information content (AvgIpc) is 2.96. The third-order valence-corrected chi connectivity index (χ3v) is 6.63. The van der Waals surface area contributed by atoms with Gasteiger partial charge in [-0.1, -0.05) is 23.8 Å². The third-order valence-electron chi connectivity index (χ3n) is 6.63. The zero-order valence-corrected chi connectivity index (χ0v) is 19.0. The number of hydrogen-bond donors (Lipinski definition) is 1. The van der Waals surface area contributed by atoms with E-state index in [-0.39, 0.29) is 11.6 Å². The van der Waals surface area contributed by atoms with Gasteiger partial charge < -0.3 is 10.2 Å². The second-order valence-corrected chi connectivity index (χ2v) is 9.02. The van der Waals surface area contributed by atoms with Crippen molar-refractivity contribution in [3.8, 4) is 0 Å². The molecular formula is C27H28F2N4. The predicted octanol–water partition coefficient (Wildman–Crippen LogP) is 5.66. The summed E-state index contributed by atoms with van der Waals surface area (Å²) in [7, 11) is 2.16. The molecule has 0 saturated carbocycles. The van der Waals surface area contributed by atoms with E-state index in [0.29, 0.717) is 11.7 Å². The first kappa shape index (κ1) is 21.6. The Balaban J connectivity index is 1.44. The number of nitrogens with zero attached hydrogens (tertiary/aromatic N) is 3. The zero-order valence-electron chi connectivity index (χ0n) is 19.0. The molecule has 1 atom stereocenters. The third kappa shape index (κ3) is 4.62. The smallest absolute Gasteiger partial charge is 0.138 e. The number of nitrogens with one attached hydrogen (secondary N) is 1. The van der Waals surface area contributed by atoms with Crippen LogP contribution in [0.2, 0.25) is 0 Å². The van der Waals surface area contributed by atoms with Crippen LogP contribution in [0, 0.1) is 18.6 Å². The number of hydrogen-bond acceptors (Lipinski definition) is 4. The Labute approximate surface area is 193 Å². The van der Waals surface area contributed by atoms with Crippen molar-refractivity contribution in [1.82, 2.24) is 9.80 Å². The van der Waals surface area contributed by atoms with E-state index in [2.05, 4.69) is 47.3 Å². The first-order valence-electron chi connectivity index (χ1n) is 11.4. The van der Waals surface area contributed by atoms with E-state index in [1.807, 2.05) is 12.1 Å². The van der Waals surface area contributed by atoms with Crippen LogP contribution >= 0.6 is 0 Å². The molecule has 1 N–H and O–H groups in total. The van der Waals surface area contributed by atoms with Gasteiger partial charge in [0, 0.05) is 43.0 Å². The summed E-state index contributed by atoms with van der Waals surface area (Å²) >= 11 is 0. The van der Waals surface area contributed by atoms with Gasteiger partial charge in [0.2, 0.25) is 0 Å². The second-order valence-electron chi connectivity index (χ2n) is 9.02. The Morgan fingerprint density at radius 3 is 2.52 bits per heavy atom. The first-order valence-corrected chi connectivity index (χ1v) is 11.4. The summed E-state index contributed by atoms with van der Waals surface area (Å²) < 4.78 is 27.3. The van der Waals surface area contributed by atoms with Crippen molar-refractivity contribution >= 4 is 22.9 Å². The van der Waals surface area contributed by atoms with Crippen LogP contribution in [0.25, 0.3) is 0 Å². The lowest BCUT2D eigenvalue weighted by atomic mass is 10.0. The molecule has 0 aromatic heterocycles. The molecule has 0 spiro atoms. The molecule has 2 aliphatic rings. The average molecular weight is 447 g/mol. The molecule has 33 heavy (non-hydrogen) atoms. The molecule has 0 bridgehead atoms. The van der Waals surface area contributed by atoms with E-state index < -0.39 is 0 Å². The lowest BCUT2D eigenvalue weighted by molar-refractivity contribution is 0.134. The molecule has 2 aliphatic heterocycles. The Kier molecular flexibility index (Phi) is 5.85. The van der Waals surface area contributed by atoms with Crippen molar-refractivity contribution in [1.29, 1.82) is 0 Å². The number of likely N-dealkylation sites (N-methyl/N-ethyl adjacent to an activating group) is 1. The number of fused-ring (bicyclic) bond motifs is 2. The Morgan fingerprint density at radius 2 is 1.70 bits per heavy atom. The predicted molar refractivity (Wildman–Crippen MR) is 130 cm³/mol. The van der Waals surface area contributed by atoms with Gasteiger partial charge in [-0.3, -0.25) is 4.90 Å². The molecule has 1 fully saturated rings.